The second-order valence-corrected chi connectivity index (χ2v) is 8.72. The minimum absolute atomic E-state index is 1.01. The van der Waals surface area contributed by atoms with Gasteiger partial charge in [-0.2, -0.15) is 0 Å². The Morgan fingerprint density at radius 3 is 2.60 bits per heavy atom. The van der Waals surface area contributed by atoms with Gasteiger partial charge < -0.3 is 4.43 Å². The third kappa shape index (κ3) is 2.70. The van der Waals surface area contributed by atoms with Gasteiger partial charge in [0.15, 0.2) is 8.32 Å². The van der Waals surface area contributed by atoms with Crippen molar-refractivity contribution in [1.29, 1.82) is 0 Å². The Labute approximate surface area is 93.6 Å². The number of benzene rings is 1. The molecule has 1 unspecified atom stereocenters. The lowest BCUT2D eigenvalue weighted by Crippen LogP contribution is -2.43. The van der Waals surface area contributed by atoms with Gasteiger partial charge in [0, 0.05) is 6.61 Å². The Morgan fingerprint density at radius 1 is 1.20 bits per heavy atom. The molecular formula is C13H20OSi. The van der Waals surface area contributed by atoms with Crippen LogP contribution in [-0.4, -0.2) is 14.9 Å². The van der Waals surface area contributed by atoms with Crippen LogP contribution in [0.2, 0.25) is 12.1 Å². The molecule has 0 aliphatic carbocycles. The third-order valence-corrected chi connectivity index (χ3v) is 7.87. The molecule has 1 nitrogen and oxygen atoms in total. The van der Waals surface area contributed by atoms with E-state index >= 15 is 0 Å². The summed E-state index contributed by atoms with van der Waals surface area (Å²) in [5.41, 5.74) is 1.47. The normalized spacial score (nSPS) is 26.5. The SMILES string of the molecule is CC[Si]1(Cc2ccccc2)CCCCO1. The smallest absolute Gasteiger partial charge is 0.196 e. The van der Waals surface area contributed by atoms with E-state index in [9.17, 15) is 0 Å². The van der Waals surface area contributed by atoms with Crippen LogP contribution < -0.4 is 0 Å². The quantitative estimate of drug-likeness (QED) is 0.708. The summed E-state index contributed by atoms with van der Waals surface area (Å²) in [7, 11) is -1.40. The van der Waals surface area contributed by atoms with Gasteiger partial charge in [0.05, 0.1) is 0 Å². The van der Waals surface area contributed by atoms with Crippen LogP contribution >= 0.6 is 0 Å². The van der Waals surface area contributed by atoms with Crippen molar-refractivity contribution >= 4 is 8.32 Å². The molecule has 0 amide bonds. The van der Waals surface area contributed by atoms with Crippen LogP contribution in [-0.2, 0) is 10.5 Å². The maximum atomic E-state index is 6.16. The van der Waals surface area contributed by atoms with Gasteiger partial charge in [-0.1, -0.05) is 43.7 Å². The van der Waals surface area contributed by atoms with Gasteiger partial charge in [-0.25, -0.2) is 0 Å². The van der Waals surface area contributed by atoms with Crippen molar-refractivity contribution in [2.75, 3.05) is 6.61 Å². The molecule has 0 radical (unpaired) electrons. The predicted molar refractivity (Wildman–Crippen MR) is 66.4 cm³/mol. The van der Waals surface area contributed by atoms with Crippen LogP contribution in [0.25, 0.3) is 0 Å². The highest BCUT2D eigenvalue weighted by Crippen LogP contribution is 2.28. The molecule has 2 rings (SSSR count). The molecule has 1 atom stereocenters. The van der Waals surface area contributed by atoms with Crippen molar-refractivity contribution < 1.29 is 4.43 Å². The van der Waals surface area contributed by atoms with E-state index in [1.54, 1.807) is 0 Å². The summed E-state index contributed by atoms with van der Waals surface area (Å²) in [6.45, 7) is 3.31. The molecule has 0 saturated carbocycles. The van der Waals surface area contributed by atoms with Crippen molar-refractivity contribution in [3.63, 3.8) is 0 Å². The van der Waals surface area contributed by atoms with Crippen molar-refractivity contribution in [3.8, 4) is 0 Å². The Balaban J connectivity index is 2.07. The van der Waals surface area contributed by atoms with Gasteiger partial charge in [0.25, 0.3) is 0 Å². The van der Waals surface area contributed by atoms with E-state index in [2.05, 4.69) is 37.3 Å². The highest BCUT2D eigenvalue weighted by atomic mass is 28.4. The van der Waals surface area contributed by atoms with Gasteiger partial charge in [0.1, 0.15) is 0 Å². The number of hydrogen-bond acceptors (Lipinski definition) is 1. The summed E-state index contributed by atoms with van der Waals surface area (Å²) in [4.78, 5) is 0. The highest BCUT2D eigenvalue weighted by Gasteiger charge is 2.34. The van der Waals surface area contributed by atoms with Crippen molar-refractivity contribution in [2.24, 2.45) is 0 Å². The van der Waals surface area contributed by atoms with E-state index in [0.717, 1.165) is 6.61 Å². The summed E-state index contributed by atoms with van der Waals surface area (Å²) in [6, 6.07) is 14.7. The van der Waals surface area contributed by atoms with Crippen LogP contribution in [0.15, 0.2) is 30.3 Å². The molecule has 1 fully saturated rings. The monoisotopic (exact) mass is 220 g/mol. The van der Waals surface area contributed by atoms with Crippen LogP contribution in [0.1, 0.15) is 25.3 Å². The molecule has 1 aromatic carbocycles. The standard InChI is InChI=1S/C13H20OSi/c1-2-15(11-7-6-10-14-15)12-13-8-4-3-5-9-13/h3-5,8-9H,2,6-7,10-12H2,1H3. The number of hydrogen-bond donors (Lipinski definition) is 0. The highest BCUT2D eigenvalue weighted by molar-refractivity contribution is 6.73. The molecule has 0 bridgehead atoms. The maximum absolute atomic E-state index is 6.16. The minimum atomic E-state index is -1.40. The van der Waals surface area contributed by atoms with Gasteiger partial charge in [-0.3, -0.25) is 0 Å². The lowest BCUT2D eigenvalue weighted by molar-refractivity contribution is 0.265. The summed E-state index contributed by atoms with van der Waals surface area (Å²) in [6.07, 6.45) is 2.65. The van der Waals surface area contributed by atoms with Gasteiger partial charge in [-0.05, 0) is 30.1 Å². The van der Waals surface area contributed by atoms with Crippen molar-refractivity contribution in [3.05, 3.63) is 35.9 Å². The van der Waals surface area contributed by atoms with Crippen LogP contribution in [0.4, 0.5) is 0 Å². The van der Waals surface area contributed by atoms with Crippen LogP contribution in [0.5, 0.6) is 0 Å². The largest absolute Gasteiger partial charge is 0.416 e. The average molecular weight is 220 g/mol. The fourth-order valence-corrected chi connectivity index (χ4v) is 6.10. The van der Waals surface area contributed by atoms with E-state index < -0.39 is 8.32 Å². The predicted octanol–water partition coefficient (Wildman–Crippen LogP) is 3.54. The van der Waals surface area contributed by atoms with E-state index in [-0.39, 0.29) is 0 Å². The first-order valence-corrected chi connectivity index (χ1v) is 8.55. The topological polar surface area (TPSA) is 9.23 Å². The van der Waals surface area contributed by atoms with E-state index in [1.165, 1.54) is 36.5 Å². The zero-order chi connectivity index (χ0) is 10.6. The van der Waals surface area contributed by atoms with Gasteiger partial charge in [-0.15, -0.1) is 0 Å². The Hall–Kier alpha value is -0.603. The molecule has 15 heavy (non-hydrogen) atoms. The lowest BCUT2D eigenvalue weighted by atomic mass is 10.2. The fraction of sp³-hybridized carbons (Fsp3) is 0.538. The number of rotatable bonds is 3. The summed E-state index contributed by atoms with van der Waals surface area (Å²) >= 11 is 0. The molecule has 1 aliphatic heterocycles. The van der Waals surface area contributed by atoms with E-state index in [1.807, 2.05) is 0 Å². The molecule has 1 aliphatic rings. The lowest BCUT2D eigenvalue weighted by Gasteiger charge is -2.34. The van der Waals surface area contributed by atoms with Crippen molar-refractivity contribution in [2.45, 2.75) is 37.9 Å². The Bertz CT molecular complexity index is 291. The Kier molecular flexibility index (Phi) is 3.60. The van der Waals surface area contributed by atoms with Gasteiger partial charge in [0.2, 0.25) is 0 Å². The molecule has 0 N–H and O–H groups in total. The van der Waals surface area contributed by atoms with Crippen LogP contribution in [0.3, 0.4) is 0 Å². The first-order valence-electron chi connectivity index (χ1n) is 6.02. The van der Waals surface area contributed by atoms with Crippen molar-refractivity contribution in [1.82, 2.24) is 0 Å². The minimum Gasteiger partial charge on any atom is -0.416 e. The molecule has 1 saturated heterocycles. The maximum Gasteiger partial charge on any atom is 0.196 e. The molecule has 0 spiro atoms. The Morgan fingerprint density at radius 2 is 2.00 bits per heavy atom. The van der Waals surface area contributed by atoms with E-state index in [0.29, 0.717) is 0 Å². The second-order valence-electron chi connectivity index (χ2n) is 4.50. The van der Waals surface area contributed by atoms with Gasteiger partial charge >= 0.3 is 0 Å². The summed E-state index contributed by atoms with van der Waals surface area (Å²) in [5, 5.41) is 0. The second kappa shape index (κ2) is 4.95. The molecule has 82 valence electrons. The summed E-state index contributed by atoms with van der Waals surface area (Å²) < 4.78 is 6.16. The molecule has 1 aromatic rings. The molecular weight excluding hydrogens is 200 g/mol. The zero-order valence-corrected chi connectivity index (χ0v) is 10.5. The molecule has 1 heterocycles. The molecule has 2 heteroatoms. The first kappa shape index (κ1) is 10.9. The molecule has 0 aromatic heterocycles. The average Bonchev–Trinajstić information content (AvgIpc) is 2.32. The summed E-state index contributed by atoms with van der Waals surface area (Å²) in [5.74, 6) is 0. The van der Waals surface area contributed by atoms with E-state index in [4.69, 9.17) is 4.43 Å². The third-order valence-electron chi connectivity index (χ3n) is 3.45. The van der Waals surface area contributed by atoms with Crippen LogP contribution in [0, 0.1) is 0 Å². The fourth-order valence-electron chi connectivity index (χ4n) is 2.42. The first-order chi connectivity index (χ1) is 7.35. The zero-order valence-electron chi connectivity index (χ0n) is 9.54.